The minimum absolute atomic E-state index is 0.0182. The molecule has 0 N–H and O–H groups in total. The second-order valence-electron chi connectivity index (χ2n) is 8.06. The van der Waals surface area contributed by atoms with Gasteiger partial charge in [-0.1, -0.05) is 23.7 Å². The summed E-state index contributed by atoms with van der Waals surface area (Å²) < 4.78 is 3.66. The maximum Gasteiger partial charge on any atom is 0.259 e. The quantitative estimate of drug-likeness (QED) is 0.336. The van der Waals surface area contributed by atoms with E-state index in [1.807, 2.05) is 80.1 Å². The van der Waals surface area contributed by atoms with Crippen LogP contribution in [0.4, 0.5) is 0 Å². The molecule has 4 rings (SSSR count). The van der Waals surface area contributed by atoms with E-state index in [0.717, 1.165) is 27.5 Å². The molecule has 6 heteroatoms. The molecule has 0 saturated heterocycles. The van der Waals surface area contributed by atoms with Crippen LogP contribution in [0.1, 0.15) is 17.3 Å². The number of aryl methyl sites for hydroxylation is 2. The van der Waals surface area contributed by atoms with Crippen molar-refractivity contribution < 1.29 is 4.79 Å². The average molecular weight is 434 g/mol. The van der Waals surface area contributed by atoms with Gasteiger partial charge in [-0.05, 0) is 48.9 Å². The summed E-state index contributed by atoms with van der Waals surface area (Å²) in [4.78, 5) is 27.9. The molecule has 5 nitrogen and oxygen atoms in total. The monoisotopic (exact) mass is 433 g/mol. The number of aromatic nitrogens is 2. The summed E-state index contributed by atoms with van der Waals surface area (Å²) >= 11 is 6.02. The standard InChI is InChI=1S/C25H24ClN3O2/c1-15(14-27(2)3)23(30)17-8-11-22-20(12-17)21-13-19(16-6-9-18(26)10-7-16)25(31)29(5)24(21)28(22)4/h6-14H,1-5H3/b15-14+. The summed E-state index contributed by atoms with van der Waals surface area (Å²) in [5, 5.41) is 2.48. The fourth-order valence-corrected chi connectivity index (χ4v) is 4.27. The third kappa shape index (κ3) is 3.55. The molecule has 0 aliphatic rings. The number of nitrogens with zero attached hydrogens (tertiary/aromatic N) is 3. The first-order valence-electron chi connectivity index (χ1n) is 9.96. The van der Waals surface area contributed by atoms with Crippen molar-refractivity contribution in [2.45, 2.75) is 6.92 Å². The van der Waals surface area contributed by atoms with Gasteiger partial charge in [0.15, 0.2) is 5.78 Å². The number of halogens is 1. The van der Waals surface area contributed by atoms with Crippen LogP contribution in [-0.4, -0.2) is 33.9 Å². The van der Waals surface area contributed by atoms with Crippen molar-refractivity contribution >= 4 is 39.3 Å². The molecule has 2 aromatic carbocycles. The zero-order chi connectivity index (χ0) is 22.4. The minimum Gasteiger partial charge on any atom is -0.383 e. The van der Waals surface area contributed by atoms with Gasteiger partial charge in [-0.15, -0.1) is 0 Å². The fourth-order valence-electron chi connectivity index (χ4n) is 4.14. The predicted octanol–water partition coefficient (Wildman–Crippen LogP) is 5.00. The van der Waals surface area contributed by atoms with E-state index in [1.165, 1.54) is 0 Å². The van der Waals surface area contributed by atoms with E-state index in [-0.39, 0.29) is 11.3 Å². The van der Waals surface area contributed by atoms with E-state index in [1.54, 1.807) is 23.7 Å². The Labute approximate surface area is 185 Å². The predicted molar refractivity (Wildman–Crippen MR) is 128 cm³/mol. The Balaban J connectivity index is 1.99. The highest BCUT2D eigenvalue weighted by molar-refractivity contribution is 6.30. The number of fused-ring (bicyclic) bond motifs is 3. The molecule has 158 valence electrons. The van der Waals surface area contributed by atoms with E-state index >= 15 is 0 Å². The fraction of sp³-hybridized carbons (Fsp3) is 0.200. The Morgan fingerprint density at radius 1 is 0.968 bits per heavy atom. The molecular weight excluding hydrogens is 410 g/mol. The molecule has 0 aliphatic carbocycles. The summed E-state index contributed by atoms with van der Waals surface area (Å²) in [6.07, 6.45) is 1.82. The van der Waals surface area contributed by atoms with Crippen molar-refractivity contribution in [3.8, 4) is 11.1 Å². The smallest absolute Gasteiger partial charge is 0.259 e. The van der Waals surface area contributed by atoms with Crippen molar-refractivity contribution in [2.75, 3.05) is 14.1 Å². The molecule has 31 heavy (non-hydrogen) atoms. The van der Waals surface area contributed by atoms with Gasteiger partial charge in [0.1, 0.15) is 5.65 Å². The van der Waals surface area contributed by atoms with Crippen molar-refractivity contribution in [2.24, 2.45) is 14.1 Å². The Bertz CT molecular complexity index is 1420. The second-order valence-corrected chi connectivity index (χ2v) is 8.50. The normalized spacial score (nSPS) is 12.0. The summed E-state index contributed by atoms with van der Waals surface area (Å²) in [6, 6.07) is 14.9. The number of hydrogen-bond acceptors (Lipinski definition) is 3. The first kappa shape index (κ1) is 20.9. The molecule has 0 amide bonds. The summed E-state index contributed by atoms with van der Waals surface area (Å²) in [5.74, 6) is -0.0182. The van der Waals surface area contributed by atoms with Crippen molar-refractivity contribution in [3.63, 3.8) is 0 Å². The van der Waals surface area contributed by atoms with Crippen LogP contribution in [-0.2, 0) is 14.1 Å². The minimum atomic E-state index is -0.0817. The molecule has 0 saturated carbocycles. The molecule has 0 aliphatic heterocycles. The number of carbonyl (C=O) groups excluding carboxylic acids is 1. The van der Waals surface area contributed by atoms with Gasteiger partial charge in [0, 0.05) is 66.9 Å². The highest BCUT2D eigenvalue weighted by Gasteiger charge is 2.18. The zero-order valence-corrected chi connectivity index (χ0v) is 19.0. The van der Waals surface area contributed by atoms with Gasteiger partial charge in [-0.3, -0.25) is 14.2 Å². The molecule has 2 heterocycles. The SMILES string of the molecule is C/C(=C\N(C)C)C(=O)c1ccc2c(c1)c1cc(-c3ccc(Cl)cc3)c(=O)n(C)c1n2C. The number of carbonyl (C=O) groups is 1. The van der Waals surface area contributed by atoms with E-state index in [4.69, 9.17) is 11.6 Å². The zero-order valence-electron chi connectivity index (χ0n) is 18.2. The Hall–Kier alpha value is -3.31. The molecule has 0 unspecified atom stereocenters. The molecule has 4 aromatic rings. The Kier molecular flexibility index (Phi) is 5.23. The van der Waals surface area contributed by atoms with Crippen LogP contribution in [0.25, 0.3) is 33.1 Å². The molecular formula is C25H24ClN3O2. The molecule has 0 radical (unpaired) electrons. The summed E-state index contributed by atoms with van der Waals surface area (Å²) in [5.41, 5.74) is 4.38. The Morgan fingerprint density at radius 3 is 2.29 bits per heavy atom. The molecule has 0 spiro atoms. The van der Waals surface area contributed by atoms with Gasteiger partial charge in [0.25, 0.3) is 5.56 Å². The third-order valence-electron chi connectivity index (χ3n) is 5.58. The lowest BCUT2D eigenvalue weighted by Crippen LogP contribution is -2.20. The van der Waals surface area contributed by atoms with Crippen LogP contribution in [0, 0.1) is 0 Å². The lowest BCUT2D eigenvalue weighted by molar-refractivity contribution is 0.103. The number of rotatable bonds is 4. The summed E-state index contributed by atoms with van der Waals surface area (Å²) in [7, 11) is 7.50. The average Bonchev–Trinajstić information content (AvgIpc) is 3.01. The number of benzene rings is 2. The summed E-state index contributed by atoms with van der Waals surface area (Å²) in [6.45, 7) is 1.82. The van der Waals surface area contributed by atoms with Crippen LogP contribution in [0.5, 0.6) is 0 Å². The Morgan fingerprint density at radius 2 is 1.65 bits per heavy atom. The molecule has 0 atom stereocenters. The van der Waals surface area contributed by atoms with Gasteiger partial charge < -0.3 is 9.47 Å². The van der Waals surface area contributed by atoms with Crippen LogP contribution in [0.2, 0.25) is 5.02 Å². The van der Waals surface area contributed by atoms with Crippen molar-refractivity contribution in [1.82, 2.24) is 14.0 Å². The maximum atomic E-state index is 13.1. The number of allylic oxidation sites excluding steroid dienone is 1. The van der Waals surface area contributed by atoms with Crippen molar-refractivity contribution in [1.29, 1.82) is 0 Å². The van der Waals surface area contributed by atoms with E-state index in [9.17, 15) is 9.59 Å². The topological polar surface area (TPSA) is 47.2 Å². The van der Waals surface area contributed by atoms with Crippen LogP contribution in [0.3, 0.4) is 0 Å². The van der Waals surface area contributed by atoms with Crippen molar-refractivity contribution in [3.05, 3.63) is 81.2 Å². The first-order valence-corrected chi connectivity index (χ1v) is 10.3. The van der Waals surface area contributed by atoms with Gasteiger partial charge in [-0.2, -0.15) is 0 Å². The molecule has 2 aromatic heterocycles. The maximum absolute atomic E-state index is 13.1. The number of hydrogen-bond donors (Lipinski definition) is 0. The molecule has 0 bridgehead atoms. The number of Topliss-reactive ketones (excluding diaryl/α,β-unsaturated/α-hetero) is 1. The third-order valence-corrected chi connectivity index (χ3v) is 5.83. The largest absolute Gasteiger partial charge is 0.383 e. The number of ketones is 1. The first-order chi connectivity index (χ1) is 14.7. The van der Waals surface area contributed by atoms with Crippen LogP contribution in [0.15, 0.2) is 65.1 Å². The number of pyridine rings is 1. The highest BCUT2D eigenvalue weighted by Crippen LogP contribution is 2.31. The van der Waals surface area contributed by atoms with E-state index < -0.39 is 0 Å². The lowest BCUT2D eigenvalue weighted by atomic mass is 10.0. The van der Waals surface area contributed by atoms with E-state index in [0.29, 0.717) is 21.7 Å². The van der Waals surface area contributed by atoms with Crippen LogP contribution < -0.4 is 5.56 Å². The lowest BCUT2D eigenvalue weighted by Gasteiger charge is -2.08. The van der Waals surface area contributed by atoms with Gasteiger partial charge in [-0.25, -0.2) is 0 Å². The van der Waals surface area contributed by atoms with Gasteiger partial charge in [0.2, 0.25) is 0 Å². The van der Waals surface area contributed by atoms with Gasteiger partial charge in [0.05, 0.1) is 5.52 Å². The molecule has 0 fully saturated rings. The van der Waals surface area contributed by atoms with Gasteiger partial charge >= 0.3 is 0 Å². The second kappa shape index (κ2) is 7.75. The van der Waals surface area contributed by atoms with Crippen LogP contribution >= 0.6 is 11.6 Å². The highest BCUT2D eigenvalue weighted by atomic mass is 35.5. The van der Waals surface area contributed by atoms with E-state index in [2.05, 4.69) is 0 Å².